The number of nitrogens with one attached hydrogen (secondary N) is 1. The Morgan fingerprint density at radius 1 is 1.10 bits per heavy atom. The highest BCUT2D eigenvalue weighted by Crippen LogP contribution is 2.22. The van der Waals surface area contributed by atoms with E-state index >= 15 is 0 Å². The van der Waals surface area contributed by atoms with Gasteiger partial charge in [0.05, 0.1) is 11.7 Å². The van der Waals surface area contributed by atoms with Crippen molar-refractivity contribution in [1.82, 2.24) is 0 Å². The van der Waals surface area contributed by atoms with Crippen LogP contribution < -0.4 is 9.83 Å². The van der Waals surface area contributed by atoms with Crippen molar-refractivity contribution in [1.29, 1.82) is 0 Å². The molecular formula is C13H8F2NO4S-. The number of anilines is 1. The highest BCUT2D eigenvalue weighted by molar-refractivity contribution is 7.92. The lowest BCUT2D eigenvalue weighted by molar-refractivity contribution is -0.254. The van der Waals surface area contributed by atoms with Gasteiger partial charge in [-0.3, -0.25) is 4.72 Å². The maximum atomic E-state index is 13.5. The van der Waals surface area contributed by atoms with E-state index in [0.29, 0.717) is 12.1 Å². The molecule has 0 radical (unpaired) electrons. The van der Waals surface area contributed by atoms with Gasteiger partial charge in [0.25, 0.3) is 10.0 Å². The van der Waals surface area contributed by atoms with Crippen molar-refractivity contribution in [3.8, 4) is 0 Å². The van der Waals surface area contributed by atoms with Crippen molar-refractivity contribution in [2.75, 3.05) is 4.72 Å². The zero-order valence-corrected chi connectivity index (χ0v) is 11.2. The van der Waals surface area contributed by atoms with E-state index in [0.717, 1.165) is 12.1 Å². The molecule has 5 nitrogen and oxygen atoms in total. The van der Waals surface area contributed by atoms with Crippen LogP contribution in [0, 0.1) is 11.6 Å². The number of para-hydroxylation sites is 1. The molecule has 0 saturated heterocycles. The van der Waals surface area contributed by atoms with Crippen LogP contribution in [-0.4, -0.2) is 14.4 Å². The summed E-state index contributed by atoms with van der Waals surface area (Å²) < 4.78 is 52.5. The summed E-state index contributed by atoms with van der Waals surface area (Å²) in [7, 11) is -4.48. The van der Waals surface area contributed by atoms with Crippen LogP contribution in [0.5, 0.6) is 0 Å². The molecule has 0 aliphatic rings. The fourth-order valence-electron chi connectivity index (χ4n) is 1.63. The van der Waals surface area contributed by atoms with Crippen molar-refractivity contribution in [2.24, 2.45) is 0 Å². The van der Waals surface area contributed by atoms with Crippen LogP contribution in [0.2, 0.25) is 0 Å². The van der Waals surface area contributed by atoms with Crippen molar-refractivity contribution in [3.63, 3.8) is 0 Å². The highest BCUT2D eigenvalue weighted by atomic mass is 32.2. The number of carbonyl (C=O) groups is 1. The summed E-state index contributed by atoms with van der Waals surface area (Å²) in [5.41, 5.74) is -0.723. The number of carbonyl (C=O) groups excluding carboxylic acids is 1. The summed E-state index contributed by atoms with van der Waals surface area (Å²) in [5.74, 6) is -3.70. The van der Waals surface area contributed by atoms with E-state index in [2.05, 4.69) is 0 Å². The molecule has 21 heavy (non-hydrogen) atoms. The third kappa shape index (κ3) is 3.16. The molecule has 1 N–H and O–H groups in total. The first-order valence-corrected chi connectivity index (χ1v) is 7.08. The second-order valence-electron chi connectivity index (χ2n) is 4.01. The van der Waals surface area contributed by atoms with E-state index in [-0.39, 0.29) is 5.69 Å². The lowest BCUT2D eigenvalue weighted by Gasteiger charge is -2.13. The third-order valence-corrected chi connectivity index (χ3v) is 3.95. The molecule has 0 heterocycles. The lowest BCUT2D eigenvalue weighted by Crippen LogP contribution is -2.25. The van der Waals surface area contributed by atoms with Crippen LogP contribution >= 0.6 is 0 Å². The molecule has 0 bridgehead atoms. The number of benzene rings is 2. The number of sulfonamides is 1. The standard InChI is InChI=1S/C13H9F2NO4S/c14-8-5-6-10(15)12(7-8)21(19,20)16-11-4-2-1-3-9(11)13(17)18/h1-7,16H,(H,17,18)/p-1. The van der Waals surface area contributed by atoms with Gasteiger partial charge in [-0.25, -0.2) is 17.2 Å². The first kappa shape index (κ1) is 14.9. The van der Waals surface area contributed by atoms with Crippen LogP contribution in [0.1, 0.15) is 10.4 Å². The van der Waals surface area contributed by atoms with Crippen molar-refractivity contribution in [2.45, 2.75) is 4.90 Å². The number of hydrogen-bond acceptors (Lipinski definition) is 4. The molecule has 0 atom stereocenters. The lowest BCUT2D eigenvalue weighted by atomic mass is 10.2. The largest absolute Gasteiger partial charge is 0.545 e. The summed E-state index contributed by atoms with van der Waals surface area (Å²) in [6, 6.07) is 6.96. The predicted octanol–water partition coefficient (Wildman–Crippen LogP) is 1.13. The molecule has 0 fully saturated rings. The normalized spacial score (nSPS) is 11.1. The van der Waals surface area contributed by atoms with Crippen molar-refractivity contribution in [3.05, 3.63) is 59.7 Å². The van der Waals surface area contributed by atoms with Gasteiger partial charge in [0.15, 0.2) is 0 Å². The smallest absolute Gasteiger partial charge is 0.264 e. The maximum Gasteiger partial charge on any atom is 0.264 e. The van der Waals surface area contributed by atoms with E-state index in [4.69, 9.17) is 0 Å². The zero-order chi connectivity index (χ0) is 15.6. The summed E-state index contributed by atoms with van der Waals surface area (Å²) in [5, 5.41) is 10.9. The summed E-state index contributed by atoms with van der Waals surface area (Å²) in [6.45, 7) is 0. The zero-order valence-electron chi connectivity index (χ0n) is 10.3. The summed E-state index contributed by atoms with van der Waals surface area (Å²) in [4.78, 5) is 9.96. The number of aromatic carboxylic acids is 1. The molecule has 2 aromatic carbocycles. The van der Waals surface area contributed by atoms with Gasteiger partial charge in [-0.1, -0.05) is 18.2 Å². The number of rotatable bonds is 4. The average Bonchev–Trinajstić information content (AvgIpc) is 2.41. The van der Waals surface area contributed by atoms with Gasteiger partial charge in [0, 0.05) is 5.56 Å². The Balaban J connectivity index is 2.48. The van der Waals surface area contributed by atoms with Gasteiger partial charge >= 0.3 is 0 Å². The topological polar surface area (TPSA) is 86.3 Å². The summed E-state index contributed by atoms with van der Waals surface area (Å²) in [6.07, 6.45) is 0. The minimum atomic E-state index is -4.48. The van der Waals surface area contributed by atoms with E-state index in [9.17, 15) is 27.1 Å². The molecule has 0 aliphatic heterocycles. The third-order valence-electron chi connectivity index (χ3n) is 2.57. The molecule has 0 aliphatic carbocycles. The predicted molar refractivity (Wildman–Crippen MR) is 67.9 cm³/mol. The molecule has 2 rings (SSSR count). The van der Waals surface area contributed by atoms with Gasteiger partial charge in [-0.15, -0.1) is 0 Å². The number of carboxylic acids is 1. The Morgan fingerprint density at radius 3 is 2.43 bits per heavy atom. The number of hydrogen-bond donors (Lipinski definition) is 1. The van der Waals surface area contributed by atoms with Gasteiger partial charge in [-0.05, 0) is 24.3 Å². The fraction of sp³-hybridized carbons (Fsp3) is 0. The maximum absolute atomic E-state index is 13.5. The molecular weight excluding hydrogens is 304 g/mol. The molecule has 0 amide bonds. The second-order valence-corrected chi connectivity index (χ2v) is 5.66. The van der Waals surface area contributed by atoms with E-state index < -0.39 is 38.1 Å². The SMILES string of the molecule is O=C([O-])c1ccccc1NS(=O)(=O)c1cc(F)ccc1F. The first-order chi connectivity index (χ1) is 9.81. The summed E-state index contributed by atoms with van der Waals surface area (Å²) >= 11 is 0. The molecule has 0 aromatic heterocycles. The molecule has 110 valence electrons. The second kappa shape index (κ2) is 5.49. The molecule has 0 unspecified atom stereocenters. The minimum absolute atomic E-state index is 0.304. The van der Waals surface area contributed by atoms with Gasteiger partial charge in [0.1, 0.15) is 16.5 Å². The van der Waals surface area contributed by atoms with E-state index in [1.165, 1.54) is 18.2 Å². The van der Waals surface area contributed by atoms with Crippen molar-refractivity contribution >= 4 is 21.7 Å². The Kier molecular flexibility index (Phi) is 3.90. The average molecular weight is 312 g/mol. The van der Waals surface area contributed by atoms with Crippen LogP contribution in [0.15, 0.2) is 47.4 Å². The monoisotopic (exact) mass is 312 g/mol. The van der Waals surface area contributed by atoms with Crippen LogP contribution in [0.25, 0.3) is 0 Å². The number of halogens is 2. The van der Waals surface area contributed by atoms with Crippen LogP contribution in [0.4, 0.5) is 14.5 Å². The van der Waals surface area contributed by atoms with E-state index in [1.807, 2.05) is 4.72 Å². The molecule has 8 heteroatoms. The quantitative estimate of drug-likeness (QED) is 0.917. The Morgan fingerprint density at radius 2 is 1.76 bits per heavy atom. The van der Waals surface area contributed by atoms with Crippen LogP contribution in [0.3, 0.4) is 0 Å². The molecule has 2 aromatic rings. The minimum Gasteiger partial charge on any atom is -0.545 e. The highest BCUT2D eigenvalue weighted by Gasteiger charge is 2.21. The van der Waals surface area contributed by atoms with Gasteiger partial charge in [-0.2, -0.15) is 0 Å². The molecule has 0 saturated carbocycles. The van der Waals surface area contributed by atoms with Crippen LogP contribution in [-0.2, 0) is 10.0 Å². The Bertz CT molecular complexity index is 806. The Labute approximate surface area is 118 Å². The number of carboxylic acid groups (broad SMARTS) is 1. The molecule has 0 spiro atoms. The first-order valence-electron chi connectivity index (χ1n) is 5.59. The fourth-order valence-corrected chi connectivity index (χ4v) is 2.80. The van der Waals surface area contributed by atoms with E-state index in [1.54, 1.807) is 0 Å². The van der Waals surface area contributed by atoms with Crippen molar-refractivity contribution < 1.29 is 27.1 Å². The van der Waals surface area contributed by atoms with Gasteiger partial charge in [0.2, 0.25) is 0 Å². The van der Waals surface area contributed by atoms with Gasteiger partial charge < -0.3 is 9.90 Å². The Hall–Kier alpha value is -2.48.